The highest BCUT2D eigenvalue weighted by Crippen LogP contribution is 1.96. The molecule has 0 aromatic carbocycles. The molecule has 0 radical (unpaired) electrons. The van der Waals surface area contributed by atoms with Crippen LogP contribution in [0.2, 0.25) is 0 Å². The average molecular weight is 189 g/mol. The van der Waals surface area contributed by atoms with Crippen LogP contribution in [0.25, 0.3) is 0 Å². The maximum atomic E-state index is 10.2. The normalized spacial score (nSPS) is 8.57. The molecule has 1 heterocycles. The number of aliphatic carboxylic acids is 1. The third kappa shape index (κ3) is 3.07. The van der Waals surface area contributed by atoms with Gasteiger partial charge in [-0.1, -0.05) is 11.8 Å². The molecule has 14 heavy (non-hydrogen) atoms. The first-order valence-electron chi connectivity index (χ1n) is 3.84. The van der Waals surface area contributed by atoms with E-state index in [0.717, 1.165) is 0 Å². The van der Waals surface area contributed by atoms with Gasteiger partial charge in [-0.2, -0.15) is 0 Å². The Morgan fingerprint density at radius 1 is 1.57 bits per heavy atom. The molecule has 0 aliphatic rings. The number of aldehydes is 1. The van der Waals surface area contributed by atoms with Gasteiger partial charge in [0.1, 0.15) is 12.1 Å². The molecule has 0 fully saturated rings. The number of pyridine rings is 1. The fourth-order valence-electron chi connectivity index (χ4n) is 0.771. The van der Waals surface area contributed by atoms with Gasteiger partial charge in [-0.15, -0.1) is 0 Å². The molecule has 0 atom stereocenters. The topological polar surface area (TPSA) is 67.3 Å². The summed E-state index contributed by atoms with van der Waals surface area (Å²) in [6, 6.07) is 3.14. The van der Waals surface area contributed by atoms with Crippen LogP contribution in [0, 0.1) is 11.8 Å². The largest absolute Gasteiger partial charge is 0.481 e. The number of nitrogens with zero attached hydrogens (tertiary/aromatic N) is 1. The van der Waals surface area contributed by atoms with E-state index in [2.05, 4.69) is 16.8 Å². The predicted molar refractivity (Wildman–Crippen MR) is 48.8 cm³/mol. The molecule has 1 aromatic rings. The van der Waals surface area contributed by atoms with E-state index < -0.39 is 5.97 Å². The lowest BCUT2D eigenvalue weighted by Gasteiger charge is -1.89. The SMILES string of the molecule is O=Cc1ccc(C#CCC(=O)O)cn1. The zero-order valence-corrected chi connectivity index (χ0v) is 7.23. The van der Waals surface area contributed by atoms with E-state index in [1.54, 1.807) is 6.07 Å². The first-order valence-corrected chi connectivity index (χ1v) is 3.84. The van der Waals surface area contributed by atoms with Gasteiger partial charge in [-0.25, -0.2) is 0 Å². The van der Waals surface area contributed by atoms with Gasteiger partial charge in [0.05, 0.1) is 0 Å². The smallest absolute Gasteiger partial charge is 0.315 e. The third-order valence-electron chi connectivity index (χ3n) is 1.38. The van der Waals surface area contributed by atoms with Crippen LogP contribution in [-0.2, 0) is 4.79 Å². The zero-order valence-electron chi connectivity index (χ0n) is 7.23. The van der Waals surface area contributed by atoms with Crippen LogP contribution in [0.3, 0.4) is 0 Å². The number of carbonyl (C=O) groups excluding carboxylic acids is 1. The fraction of sp³-hybridized carbons (Fsp3) is 0.100. The molecule has 4 heteroatoms. The molecule has 0 saturated heterocycles. The highest BCUT2D eigenvalue weighted by Gasteiger charge is 1.91. The van der Waals surface area contributed by atoms with Crippen molar-refractivity contribution < 1.29 is 14.7 Å². The monoisotopic (exact) mass is 189 g/mol. The Labute approximate surface area is 80.6 Å². The summed E-state index contributed by atoms with van der Waals surface area (Å²) in [6.45, 7) is 0. The molecule has 0 unspecified atom stereocenters. The fourth-order valence-corrected chi connectivity index (χ4v) is 0.771. The maximum Gasteiger partial charge on any atom is 0.315 e. The summed E-state index contributed by atoms with van der Waals surface area (Å²) in [7, 11) is 0. The van der Waals surface area contributed by atoms with Crippen LogP contribution in [0.5, 0.6) is 0 Å². The first kappa shape index (κ1) is 9.93. The van der Waals surface area contributed by atoms with Crippen molar-refractivity contribution in [2.24, 2.45) is 0 Å². The van der Waals surface area contributed by atoms with E-state index in [4.69, 9.17) is 5.11 Å². The molecule has 0 aliphatic heterocycles. The molecule has 1 aromatic heterocycles. The Balaban J connectivity index is 2.71. The molecule has 1 N–H and O–H groups in total. The number of hydrogen-bond donors (Lipinski definition) is 1. The van der Waals surface area contributed by atoms with Gasteiger partial charge in [0.2, 0.25) is 0 Å². The van der Waals surface area contributed by atoms with E-state index in [-0.39, 0.29) is 6.42 Å². The minimum Gasteiger partial charge on any atom is -0.481 e. The Hall–Kier alpha value is -2.15. The van der Waals surface area contributed by atoms with E-state index >= 15 is 0 Å². The number of carboxylic acid groups (broad SMARTS) is 1. The minimum atomic E-state index is -0.963. The van der Waals surface area contributed by atoms with Crippen molar-refractivity contribution in [2.45, 2.75) is 6.42 Å². The van der Waals surface area contributed by atoms with Crippen molar-refractivity contribution >= 4 is 12.3 Å². The second kappa shape index (κ2) is 4.77. The molecular weight excluding hydrogens is 182 g/mol. The van der Waals surface area contributed by atoms with Gasteiger partial charge in [0.15, 0.2) is 6.29 Å². The second-order valence-electron chi connectivity index (χ2n) is 2.46. The Morgan fingerprint density at radius 2 is 2.36 bits per heavy atom. The first-order chi connectivity index (χ1) is 6.72. The van der Waals surface area contributed by atoms with Crippen molar-refractivity contribution in [3.05, 3.63) is 29.6 Å². The maximum absolute atomic E-state index is 10.2. The summed E-state index contributed by atoms with van der Waals surface area (Å²) < 4.78 is 0. The third-order valence-corrected chi connectivity index (χ3v) is 1.38. The van der Waals surface area contributed by atoms with Crippen LogP contribution >= 0.6 is 0 Å². The summed E-state index contributed by atoms with van der Waals surface area (Å²) in [4.78, 5) is 24.1. The van der Waals surface area contributed by atoms with Crippen molar-refractivity contribution in [1.82, 2.24) is 4.98 Å². The number of hydrogen-bond acceptors (Lipinski definition) is 3. The van der Waals surface area contributed by atoms with E-state index in [1.165, 1.54) is 12.3 Å². The Bertz CT molecular complexity index is 398. The lowest BCUT2D eigenvalue weighted by Crippen LogP contribution is -1.90. The molecule has 0 amide bonds. The summed E-state index contributed by atoms with van der Waals surface area (Å²) in [5.74, 6) is 4.12. The Morgan fingerprint density at radius 3 is 2.86 bits per heavy atom. The van der Waals surface area contributed by atoms with Crippen LogP contribution in [0.15, 0.2) is 18.3 Å². The Kier molecular flexibility index (Phi) is 3.39. The van der Waals surface area contributed by atoms with Crippen molar-refractivity contribution in [3.8, 4) is 11.8 Å². The van der Waals surface area contributed by atoms with Gasteiger partial charge in [0, 0.05) is 11.8 Å². The van der Waals surface area contributed by atoms with Gasteiger partial charge in [-0.3, -0.25) is 14.6 Å². The molecule has 0 bridgehead atoms. The summed E-state index contributed by atoms with van der Waals surface area (Å²) in [6.07, 6.45) is 1.86. The van der Waals surface area contributed by atoms with Crippen LogP contribution in [-0.4, -0.2) is 22.3 Å². The van der Waals surface area contributed by atoms with Gasteiger partial charge in [0.25, 0.3) is 0 Å². The molecule has 0 saturated carbocycles. The highest BCUT2D eigenvalue weighted by molar-refractivity contribution is 5.72. The second-order valence-corrected chi connectivity index (χ2v) is 2.46. The van der Waals surface area contributed by atoms with Crippen LogP contribution < -0.4 is 0 Å². The number of aromatic nitrogens is 1. The lowest BCUT2D eigenvalue weighted by atomic mass is 10.2. The minimum absolute atomic E-state index is 0.199. The number of rotatable bonds is 2. The summed E-state index contributed by atoms with van der Waals surface area (Å²) >= 11 is 0. The van der Waals surface area contributed by atoms with Gasteiger partial charge >= 0.3 is 5.97 Å². The van der Waals surface area contributed by atoms with E-state index in [9.17, 15) is 9.59 Å². The van der Waals surface area contributed by atoms with Crippen molar-refractivity contribution in [3.63, 3.8) is 0 Å². The number of carbonyl (C=O) groups is 2. The van der Waals surface area contributed by atoms with E-state index in [0.29, 0.717) is 17.5 Å². The molecule has 4 nitrogen and oxygen atoms in total. The van der Waals surface area contributed by atoms with Crippen LogP contribution in [0.4, 0.5) is 0 Å². The highest BCUT2D eigenvalue weighted by atomic mass is 16.4. The van der Waals surface area contributed by atoms with Crippen LogP contribution in [0.1, 0.15) is 22.5 Å². The lowest BCUT2D eigenvalue weighted by molar-refractivity contribution is -0.135. The molecule has 0 aliphatic carbocycles. The summed E-state index contributed by atoms with van der Waals surface area (Å²) in [5.41, 5.74) is 0.922. The molecular formula is C10H7NO3. The quantitative estimate of drug-likeness (QED) is 0.549. The van der Waals surface area contributed by atoms with Crippen molar-refractivity contribution in [1.29, 1.82) is 0 Å². The average Bonchev–Trinajstić information content (AvgIpc) is 2.18. The summed E-state index contributed by atoms with van der Waals surface area (Å²) in [5, 5.41) is 8.31. The zero-order chi connectivity index (χ0) is 10.4. The number of carboxylic acids is 1. The molecule has 70 valence electrons. The predicted octanol–water partition coefficient (Wildman–Crippen LogP) is 0.720. The van der Waals surface area contributed by atoms with Crippen molar-refractivity contribution in [2.75, 3.05) is 0 Å². The standard InChI is InChI=1S/C10H7NO3/c12-7-9-5-4-8(6-11-9)2-1-3-10(13)14/h4-7H,3H2,(H,13,14). The van der Waals surface area contributed by atoms with Gasteiger partial charge < -0.3 is 5.11 Å². The van der Waals surface area contributed by atoms with Gasteiger partial charge in [-0.05, 0) is 12.1 Å². The molecule has 0 spiro atoms. The molecule has 1 rings (SSSR count). The van der Waals surface area contributed by atoms with E-state index in [1.807, 2.05) is 0 Å².